The van der Waals surface area contributed by atoms with E-state index in [1.54, 1.807) is 0 Å². The molecule has 3 heteroatoms. The van der Waals surface area contributed by atoms with Crippen LogP contribution in [0.5, 0.6) is 0 Å². The number of unbranched alkanes of at least 4 members (excludes halogenated alkanes) is 1. The van der Waals surface area contributed by atoms with E-state index in [1.165, 1.54) is 13.2 Å². The molecule has 0 unspecified atom stereocenters. The second-order valence-corrected chi connectivity index (χ2v) is 3.00. The van der Waals surface area contributed by atoms with Crippen molar-refractivity contribution in [3.63, 3.8) is 0 Å². The smallest absolute Gasteiger partial charge is 0.311 e. The van der Waals surface area contributed by atoms with Crippen molar-refractivity contribution in [1.82, 2.24) is 0 Å². The Morgan fingerprint density at radius 1 is 1.69 bits per heavy atom. The van der Waals surface area contributed by atoms with E-state index in [0.29, 0.717) is 6.42 Å². The van der Waals surface area contributed by atoms with Gasteiger partial charge in [0, 0.05) is 0 Å². The summed E-state index contributed by atoms with van der Waals surface area (Å²) in [5.41, 5.74) is 0. The molecule has 1 N–H and O–H groups in total. The Balaban J connectivity index is 4.17. The zero-order valence-corrected chi connectivity index (χ0v) is 8.32. The Labute approximate surface area is 79.4 Å². The summed E-state index contributed by atoms with van der Waals surface area (Å²) in [4.78, 5) is 11.2. The molecule has 0 spiro atoms. The number of carbonyl (C=O) groups excluding carboxylic acids is 1. The predicted octanol–water partition coefficient (Wildman–Crippen LogP) is 1.51. The van der Waals surface area contributed by atoms with Crippen LogP contribution >= 0.6 is 0 Å². The molecule has 0 amide bonds. The maximum atomic E-state index is 11.2. The first-order valence-corrected chi connectivity index (χ1v) is 4.55. The lowest BCUT2D eigenvalue weighted by atomic mass is 9.96. The monoisotopic (exact) mass is 186 g/mol. The highest BCUT2D eigenvalue weighted by Crippen LogP contribution is 2.15. The molecule has 0 saturated carbocycles. The molecule has 3 nitrogen and oxygen atoms in total. The molecular weight excluding hydrogens is 168 g/mol. The fraction of sp³-hybridized carbons (Fsp3) is 0.700. The number of hydrogen-bond donors (Lipinski definition) is 1. The fourth-order valence-electron chi connectivity index (χ4n) is 1.17. The Hall–Kier alpha value is -0.830. The van der Waals surface area contributed by atoms with Crippen LogP contribution in [0.1, 0.15) is 26.2 Å². The normalized spacial score (nSPS) is 14.7. The third-order valence-corrected chi connectivity index (χ3v) is 2.03. The minimum Gasteiger partial charge on any atom is -0.469 e. The summed E-state index contributed by atoms with van der Waals surface area (Å²) < 4.78 is 4.59. The van der Waals surface area contributed by atoms with E-state index in [-0.39, 0.29) is 5.97 Å². The van der Waals surface area contributed by atoms with Gasteiger partial charge in [0.15, 0.2) is 0 Å². The first-order chi connectivity index (χ1) is 6.17. The highest BCUT2D eigenvalue weighted by Gasteiger charge is 2.24. The fourth-order valence-corrected chi connectivity index (χ4v) is 1.17. The summed E-state index contributed by atoms with van der Waals surface area (Å²) in [6, 6.07) is 0. The number of ether oxygens (including phenoxy) is 1. The van der Waals surface area contributed by atoms with Crippen LogP contribution in [0.4, 0.5) is 0 Å². The van der Waals surface area contributed by atoms with Gasteiger partial charge in [0.1, 0.15) is 0 Å². The maximum absolute atomic E-state index is 11.2. The number of carbonyl (C=O) groups is 1. The summed E-state index contributed by atoms with van der Waals surface area (Å²) in [7, 11) is 1.33. The molecular formula is C10H18O3. The molecule has 0 bridgehead atoms. The van der Waals surface area contributed by atoms with Gasteiger partial charge in [-0.3, -0.25) is 4.79 Å². The van der Waals surface area contributed by atoms with Gasteiger partial charge in [0.25, 0.3) is 0 Å². The first-order valence-electron chi connectivity index (χ1n) is 4.55. The zero-order chi connectivity index (χ0) is 10.3. The Kier molecular flexibility index (Phi) is 6.24. The van der Waals surface area contributed by atoms with E-state index >= 15 is 0 Å². The lowest BCUT2D eigenvalue weighted by molar-refractivity contribution is -0.148. The minimum atomic E-state index is -0.793. The van der Waals surface area contributed by atoms with Crippen molar-refractivity contribution in [3.05, 3.63) is 12.7 Å². The molecule has 2 atom stereocenters. The Bertz CT molecular complexity index is 166. The molecule has 0 fully saturated rings. The van der Waals surface area contributed by atoms with Gasteiger partial charge in [-0.1, -0.05) is 25.8 Å². The molecule has 0 aliphatic carbocycles. The Morgan fingerprint density at radius 3 is 2.69 bits per heavy atom. The molecule has 0 rings (SSSR count). The molecule has 0 aromatic rings. The second kappa shape index (κ2) is 6.66. The molecule has 0 aliphatic heterocycles. The maximum Gasteiger partial charge on any atom is 0.311 e. The first kappa shape index (κ1) is 12.2. The summed E-state index contributed by atoms with van der Waals surface area (Å²) in [6.45, 7) is 5.48. The summed E-state index contributed by atoms with van der Waals surface area (Å²) in [6.07, 6.45) is 3.13. The number of rotatable bonds is 6. The van der Waals surface area contributed by atoms with E-state index in [9.17, 15) is 9.90 Å². The van der Waals surface area contributed by atoms with Crippen LogP contribution in [-0.4, -0.2) is 24.3 Å². The van der Waals surface area contributed by atoms with Gasteiger partial charge in [-0.15, -0.1) is 6.58 Å². The van der Waals surface area contributed by atoms with Crippen LogP contribution in [0, 0.1) is 5.92 Å². The van der Waals surface area contributed by atoms with Crippen molar-refractivity contribution in [2.45, 2.75) is 32.3 Å². The third-order valence-electron chi connectivity index (χ3n) is 2.03. The predicted molar refractivity (Wildman–Crippen MR) is 51.2 cm³/mol. The van der Waals surface area contributed by atoms with Gasteiger partial charge >= 0.3 is 5.97 Å². The van der Waals surface area contributed by atoms with Crippen molar-refractivity contribution < 1.29 is 14.6 Å². The van der Waals surface area contributed by atoms with Gasteiger partial charge in [-0.25, -0.2) is 0 Å². The highest BCUT2D eigenvalue weighted by molar-refractivity contribution is 5.73. The SMILES string of the molecule is C=C[C@H](O)[C@H](CCCC)C(=O)OC. The molecule has 0 aromatic heterocycles. The van der Waals surface area contributed by atoms with Crippen LogP contribution in [0.3, 0.4) is 0 Å². The second-order valence-electron chi connectivity index (χ2n) is 3.00. The zero-order valence-electron chi connectivity index (χ0n) is 8.32. The number of aliphatic hydroxyl groups is 1. The quantitative estimate of drug-likeness (QED) is 0.505. The van der Waals surface area contributed by atoms with E-state index in [1.807, 2.05) is 6.92 Å². The molecule has 0 radical (unpaired) electrons. The number of aliphatic hydroxyl groups excluding tert-OH is 1. The van der Waals surface area contributed by atoms with E-state index in [2.05, 4.69) is 11.3 Å². The third kappa shape index (κ3) is 4.08. The van der Waals surface area contributed by atoms with Gasteiger partial charge < -0.3 is 9.84 Å². The van der Waals surface area contributed by atoms with E-state index in [0.717, 1.165) is 12.8 Å². The van der Waals surface area contributed by atoms with Crippen LogP contribution in [0.15, 0.2) is 12.7 Å². The molecule has 0 saturated heterocycles. The number of methoxy groups -OCH3 is 1. The minimum absolute atomic E-state index is 0.360. The van der Waals surface area contributed by atoms with E-state index in [4.69, 9.17) is 0 Å². The topological polar surface area (TPSA) is 46.5 Å². The van der Waals surface area contributed by atoms with Crippen LogP contribution in [0.25, 0.3) is 0 Å². The van der Waals surface area contributed by atoms with Crippen molar-refractivity contribution in [1.29, 1.82) is 0 Å². The lowest BCUT2D eigenvalue weighted by Crippen LogP contribution is -2.27. The van der Waals surface area contributed by atoms with Crippen molar-refractivity contribution in [2.24, 2.45) is 5.92 Å². The Morgan fingerprint density at radius 2 is 2.31 bits per heavy atom. The van der Waals surface area contributed by atoms with Crippen LogP contribution < -0.4 is 0 Å². The highest BCUT2D eigenvalue weighted by atomic mass is 16.5. The molecule has 0 heterocycles. The number of esters is 1. The number of hydrogen-bond acceptors (Lipinski definition) is 3. The van der Waals surface area contributed by atoms with E-state index < -0.39 is 12.0 Å². The molecule has 76 valence electrons. The van der Waals surface area contributed by atoms with Crippen molar-refractivity contribution in [3.8, 4) is 0 Å². The lowest BCUT2D eigenvalue weighted by Gasteiger charge is -2.17. The average molecular weight is 186 g/mol. The van der Waals surface area contributed by atoms with Crippen molar-refractivity contribution >= 4 is 5.97 Å². The largest absolute Gasteiger partial charge is 0.469 e. The van der Waals surface area contributed by atoms with Crippen molar-refractivity contribution in [2.75, 3.05) is 7.11 Å². The van der Waals surface area contributed by atoms with Gasteiger partial charge in [-0.05, 0) is 6.42 Å². The van der Waals surface area contributed by atoms with Gasteiger partial charge in [0.2, 0.25) is 0 Å². The summed E-state index contributed by atoms with van der Waals surface area (Å²) in [5.74, 6) is -0.816. The van der Waals surface area contributed by atoms with Gasteiger partial charge in [-0.2, -0.15) is 0 Å². The van der Waals surface area contributed by atoms with Crippen LogP contribution in [0.2, 0.25) is 0 Å². The molecule has 0 aliphatic rings. The molecule has 13 heavy (non-hydrogen) atoms. The molecule has 0 aromatic carbocycles. The average Bonchev–Trinajstić information content (AvgIpc) is 2.17. The van der Waals surface area contributed by atoms with Gasteiger partial charge in [0.05, 0.1) is 19.1 Å². The summed E-state index contributed by atoms with van der Waals surface area (Å²) >= 11 is 0. The van der Waals surface area contributed by atoms with Crippen LogP contribution in [-0.2, 0) is 9.53 Å². The summed E-state index contributed by atoms with van der Waals surface area (Å²) in [5, 5.41) is 9.43. The standard InChI is InChI=1S/C10H18O3/c1-4-6-7-8(9(11)5-2)10(12)13-3/h5,8-9,11H,2,4,6-7H2,1,3H3/t8-,9-/m0/s1.